The predicted octanol–water partition coefficient (Wildman–Crippen LogP) is 7.64. The van der Waals surface area contributed by atoms with Crippen LogP contribution in [0.25, 0.3) is 10.9 Å². The van der Waals surface area contributed by atoms with E-state index in [0.717, 1.165) is 18.4 Å². The number of fused-ring (bicyclic) bond motifs is 1. The number of methoxy groups -OCH3 is 1. The van der Waals surface area contributed by atoms with Crippen LogP contribution in [0.1, 0.15) is 67.2 Å². The van der Waals surface area contributed by atoms with Crippen molar-refractivity contribution < 1.29 is 18.7 Å². The molecule has 10 nitrogen and oxygen atoms in total. The number of carbonyl (C=O) groups excluding carboxylic acids is 1. The Morgan fingerprint density at radius 1 is 1.06 bits per heavy atom. The van der Waals surface area contributed by atoms with Crippen molar-refractivity contribution in [3.05, 3.63) is 67.9 Å². The van der Waals surface area contributed by atoms with Crippen LogP contribution in [-0.4, -0.2) is 62.4 Å². The van der Waals surface area contributed by atoms with E-state index >= 15 is 0 Å². The zero-order chi connectivity index (χ0) is 34.7. The molecular formula is C37H49FN7O3. The quantitative estimate of drug-likeness (QED) is 0.141. The average molecular weight is 659 g/mol. The average Bonchev–Trinajstić information content (AvgIpc) is 3.42. The number of ether oxygens (including phenoxy) is 2. The van der Waals surface area contributed by atoms with Gasteiger partial charge in [0.2, 0.25) is 5.91 Å². The first-order valence-electron chi connectivity index (χ1n) is 16.6. The van der Waals surface area contributed by atoms with Crippen molar-refractivity contribution in [2.45, 2.75) is 85.4 Å². The number of nitrogens with zero attached hydrogens (tertiary/aromatic N) is 5. The van der Waals surface area contributed by atoms with Crippen LogP contribution in [0.15, 0.2) is 55.1 Å². The molecule has 0 aliphatic heterocycles. The maximum Gasteiger partial charge on any atom is 0.246 e. The van der Waals surface area contributed by atoms with Gasteiger partial charge in [-0.2, -0.15) is 5.10 Å². The third-order valence-electron chi connectivity index (χ3n) is 9.52. The fraction of sp³-hybridized carbons (Fsp3) is 0.486. The summed E-state index contributed by atoms with van der Waals surface area (Å²) in [6, 6.07) is 10.0. The van der Waals surface area contributed by atoms with Crippen LogP contribution in [-0.2, 0) is 11.3 Å². The Labute approximate surface area is 283 Å². The molecule has 0 spiro atoms. The van der Waals surface area contributed by atoms with E-state index < -0.39 is 5.82 Å². The van der Waals surface area contributed by atoms with Gasteiger partial charge in [0.1, 0.15) is 24.5 Å². The van der Waals surface area contributed by atoms with Gasteiger partial charge in [-0.15, -0.1) is 0 Å². The molecule has 0 atom stereocenters. The highest BCUT2D eigenvalue weighted by Gasteiger charge is 2.53. The number of hydrogen-bond acceptors (Lipinski definition) is 8. The number of rotatable bonds is 13. The molecule has 257 valence electrons. The van der Waals surface area contributed by atoms with E-state index in [1.165, 1.54) is 48.5 Å². The summed E-state index contributed by atoms with van der Waals surface area (Å²) in [7, 11) is 1.62. The Kier molecular flexibility index (Phi) is 10.3. The molecule has 2 aromatic carbocycles. The summed E-state index contributed by atoms with van der Waals surface area (Å²) in [6.07, 6.45) is 9.33. The summed E-state index contributed by atoms with van der Waals surface area (Å²) in [5.74, 6) is 1.01. The van der Waals surface area contributed by atoms with Crippen LogP contribution in [0.2, 0.25) is 0 Å². The molecule has 0 unspecified atom stereocenters. The Bertz CT molecular complexity index is 1710. The summed E-state index contributed by atoms with van der Waals surface area (Å²) in [4.78, 5) is 24.1. The van der Waals surface area contributed by atoms with E-state index in [1.807, 2.05) is 12.1 Å². The van der Waals surface area contributed by atoms with E-state index in [2.05, 4.69) is 72.1 Å². The fourth-order valence-electron chi connectivity index (χ4n) is 6.79. The number of amides is 1. The molecule has 1 radical (unpaired) electrons. The van der Waals surface area contributed by atoms with Gasteiger partial charge in [0.25, 0.3) is 0 Å². The van der Waals surface area contributed by atoms with Gasteiger partial charge in [-0.05, 0) is 61.3 Å². The molecule has 4 aromatic rings. The molecule has 1 aliphatic rings. The van der Waals surface area contributed by atoms with Gasteiger partial charge in [-0.3, -0.25) is 14.4 Å². The molecule has 2 aromatic heterocycles. The second-order valence-corrected chi connectivity index (χ2v) is 14.7. The number of anilines is 3. The topological polar surface area (TPSA) is 106 Å². The largest absolute Gasteiger partial charge is 0.493 e. The number of benzene rings is 2. The lowest BCUT2D eigenvalue weighted by Gasteiger charge is -2.61. The summed E-state index contributed by atoms with van der Waals surface area (Å²) < 4.78 is 27.0. The molecule has 5 rings (SSSR count). The standard InChI is InChI=1S/C37H49FN7O3/c1-35(2,3)37(7,36(4,5)6)45(28-14-10-15-28)16-11-17-48-32-20-30-29(19-31(32)47-8)34(40-24-39-30)43-27-21-41-44(22-27)23-33(46)42-26-13-9-12-25(38)18-26/h9,12-13,18-22,24,28H,7,10-11,14-17,23H2,1-6,8H3,(H,42,46)(H,39,40,43). The maximum absolute atomic E-state index is 13.5. The van der Waals surface area contributed by atoms with Crippen LogP contribution in [0.5, 0.6) is 11.5 Å². The van der Waals surface area contributed by atoms with E-state index in [1.54, 1.807) is 25.6 Å². The number of aromatic nitrogens is 4. The predicted molar refractivity (Wildman–Crippen MR) is 188 cm³/mol. The molecule has 1 fully saturated rings. The van der Waals surface area contributed by atoms with Gasteiger partial charge < -0.3 is 20.1 Å². The third kappa shape index (κ3) is 7.56. The summed E-state index contributed by atoms with van der Waals surface area (Å²) in [6.45, 7) is 20.1. The van der Waals surface area contributed by atoms with Crippen LogP contribution in [0, 0.1) is 23.6 Å². The van der Waals surface area contributed by atoms with Crippen LogP contribution in [0.4, 0.5) is 21.6 Å². The lowest BCUT2D eigenvalue weighted by Crippen LogP contribution is -2.66. The first-order chi connectivity index (χ1) is 22.7. The van der Waals surface area contributed by atoms with Gasteiger partial charge in [-0.25, -0.2) is 14.4 Å². The van der Waals surface area contributed by atoms with Crippen molar-refractivity contribution in [3.8, 4) is 11.5 Å². The summed E-state index contributed by atoms with van der Waals surface area (Å²) in [5.41, 5.74) is 1.46. The molecule has 2 heterocycles. The van der Waals surface area contributed by atoms with Gasteiger partial charge in [0.15, 0.2) is 11.5 Å². The van der Waals surface area contributed by atoms with Gasteiger partial charge in [0.05, 0.1) is 31.1 Å². The number of carbonyl (C=O) groups is 1. The molecule has 11 heteroatoms. The van der Waals surface area contributed by atoms with Gasteiger partial charge in [0, 0.05) is 41.5 Å². The minimum atomic E-state index is -0.422. The number of hydrogen-bond donors (Lipinski definition) is 2. The lowest BCUT2D eigenvalue weighted by molar-refractivity contribution is -0.116. The van der Waals surface area contributed by atoms with E-state index in [9.17, 15) is 9.18 Å². The highest BCUT2D eigenvalue weighted by molar-refractivity contribution is 5.93. The highest BCUT2D eigenvalue weighted by Crippen LogP contribution is 2.50. The van der Waals surface area contributed by atoms with Gasteiger partial charge in [-0.1, -0.05) is 54.0 Å². The Hall–Kier alpha value is -4.25. The second-order valence-electron chi connectivity index (χ2n) is 14.7. The Morgan fingerprint density at radius 3 is 2.46 bits per heavy atom. The Balaban J connectivity index is 1.25. The molecule has 1 aliphatic carbocycles. The number of nitrogens with one attached hydrogen (secondary N) is 2. The molecule has 1 saturated carbocycles. The number of halogens is 1. The highest BCUT2D eigenvalue weighted by atomic mass is 19.1. The normalized spacial score (nSPS) is 14.2. The second kappa shape index (κ2) is 14.1. The first kappa shape index (κ1) is 35.1. The van der Waals surface area contributed by atoms with Crippen molar-refractivity contribution >= 4 is 34.0 Å². The maximum atomic E-state index is 13.5. The van der Waals surface area contributed by atoms with Crippen molar-refractivity contribution in [2.24, 2.45) is 10.8 Å². The van der Waals surface area contributed by atoms with E-state index in [4.69, 9.17) is 16.4 Å². The van der Waals surface area contributed by atoms with Crippen LogP contribution < -0.4 is 20.1 Å². The van der Waals surface area contributed by atoms with Crippen molar-refractivity contribution in [1.82, 2.24) is 24.6 Å². The fourth-order valence-corrected chi connectivity index (χ4v) is 6.79. The summed E-state index contributed by atoms with van der Waals surface area (Å²) in [5, 5.41) is 11.0. The molecule has 48 heavy (non-hydrogen) atoms. The minimum absolute atomic E-state index is 0.00771. The smallest absolute Gasteiger partial charge is 0.246 e. The lowest BCUT2D eigenvalue weighted by atomic mass is 9.59. The molecular weight excluding hydrogens is 609 g/mol. The third-order valence-corrected chi connectivity index (χ3v) is 9.52. The van der Waals surface area contributed by atoms with Crippen LogP contribution in [0.3, 0.4) is 0 Å². The molecule has 0 bridgehead atoms. The van der Waals surface area contributed by atoms with Crippen LogP contribution >= 0.6 is 0 Å². The zero-order valence-corrected chi connectivity index (χ0v) is 29.3. The first-order valence-corrected chi connectivity index (χ1v) is 16.6. The summed E-state index contributed by atoms with van der Waals surface area (Å²) >= 11 is 0. The van der Waals surface area contributed by atoms with Crippen molar-refractivity contribution in [1.29, 1.82) is 0 Å². The molecule has 2 N–H and O–H groups in total. The minimum Gasteiger partial charge on any atom is -0.493 e. The van der Waals surface area contributed by atoms with Crippen molar-refractivity contribution in [2.75, 3.05) is 30.9 Å². The van der Waals surface area contributed by atoms with Gasteiger partial charge >= 0.3 is 0 Å². The monoisotopic (exact) mass is 658 g/mol. The van der Waals surface area contributed by atoms with E-state index in [-0.39, 0.29) is 28.8 Å². The molecule has 0 saturated heterocycles. The zero-order valence-electron chi connectivity index (χ0n) is 29.3. The van der Waals surface area contributed by atoms with Crippen molar-refractivity contribution in [3.63, 3.8) is 0 Å². The molecule has 1 amide bonds. The van der Waals surface area contributed by atoms with E-state index in [0.29, 0.717) is 46.9 Å². The Morgan fingerprint density at radius 2 is 1.81 bits per heavy atom. The SMILES string of the molecule is [CH2]C(N(CCCOc1cc2ncnc(Nc3cnn(CC(=O)Nc4cccc(F)c4)c3)c2cc1OC)C1CCC1)(C(C)(C)C)C(C)(C)C.